The molecule has 0 radical (unpaired) electrons. The number of allylic oxidation sites excluding steroid dienone is 1. The van der Waals surface area contributed by atoms with Gasteiger partial charge in [0.1, 0.15) is 17.5 Å². The van der Waals surface area contributed by atoms with E-state index < -0.39 is 12.0 Å². The van der Waals surface area contributed by atoms with Crippen LogP contribution in [0.5, 0.6) is 11.5 Å². The minimum absolute atomic E-state index is 0.208. The number of anilines is 1. The van der Waals surface area contributed by atoms with Crippen LogP contribution in [0.3, 0.4) is 0 Å². The fourth-order valence-electron chi connectivity index (χ4n) is 5.04. The summed E-state index contributed by atoms with van der Waals surface area (Å²) in [6, 6.07) is 12.8. The molecule has 1 aromatic heterocycles. The van der Waals surface area contributed by atoms with E-state index in [-0.39, 0.29) is 12.2 Å². The summed E-state index contributed by atoms with van der Waals surface area (Å²) in [5, 5.41) is 0. The van der Waals surface area contributed by atoms with Gasteiger partial charge in [0.25, 0.3) is 5.56 Å². The molecule has 38 heavy (non-hydrogen) atoms. The molecule has 0 unspecified atom stereocenters. The van der Waals surface area contributed by atoms with E-state index in [0.29, 0.717) is 37.7 Å². The largest absolute Gasteiger partial charge is 0.497 e. The SMILES string of the molecule is CCOC(=O)C1=C(C)N=c2s/c(=C/c3ccc(N4CCCC4)cc3)c(=O)n2[C@@H]1c1ccc(OC)cc1OC. The number of aromatic nitrogens is 1. The van der Waals surface area contributed by atoms with Gasteiger partial charge in [0.05, 0.1) is 36.6 Å². The number of carbonyl (C=O) groups is 1. The minimum atomic E-state index is -0.758. The van der Waals surface area contributed by atoms with Crippen molar-refractivity contribution in [3.05, 3.63) is 84.5 Å². The molecule has 0 N–H and O–H groups in total. The van der Waals surface area contributed by atoms with E-state index in [1.807, 2.05) is 24.3 Å². The zero-order valence-electron chi connectivity index (χ0n) is 22.0. The number of thiazole rings is 1. The number of hydrogen-bond acceptors (Lipinski definition) is 8. The highest BCUT2D eigenvalue weighted by molar-refractivity contribution is 7.07. The van der Waals surface area contributed by atoms with Crippen LogP contribution in [0.4, 0.5) is 5.69 Å². The lowest BCUT2D eigenvalue weighted by Crippen LogP contribution is -2.40. The van der Waals surface area contributed by atoms with E-state index in [9.17, 15) is 9.59 Å². The Morgan fingerprint density at radius 3 is 2.50 bits per heavy atom. The van der Waals surface area contributed by atoms with E-state index in [1.165, 1.54) is 29.9 Å². The molecule has 2 aliphatic rings. The molecule has 3 aromatic rings. The monoisotopic (exact) mass is 533 g/mol. The van der Waals surface area contributed by atoms with E-state index in [1.54, 1.807) is 44.8 Å². The van der Waals surface area contributed by atoms with Crippen molar-refractivity contribution >= 4 is 29.1 Å². The highest BCUT2D eigenvalue weighted by Crippen LogP contribution is 2.37. The summed E-state index contributed by atoms with van der Waals surface area (Å²) in [4.78, 5) is 34.6. The van der Waals surface area contributed by atoms with Crippen molar-refractivity contribution < 1.29 is 19.0 Å². The molecule has 5 rings (SSSR count). The molecule has 1 fully saturated rings. The zero-order valence-corrected chi connectivity index (χ0v) is 22.8. The molecule has 2 aromatic carbocycles. The molecule has 0 saturated carbocycles. The highest BCUT2D eigenvalue weighted by atomic mass is 32.1. The molecule has 2 aliphatic heterocycles. The first-order valence-corrected chi connectivity index (χ1v) is 13.5. The third kappa shape index (κ3) is 4.74. The summed E-state index contributed by atoms with van der Waals surface area (Å²) in [7, 11) is 3.12. The first-order valence-electron chi connectivity index (χ1n) is 12.7. The van der Waals surface area contributed by atoms with Crippen LogP contribution in [-0.4, -0.2) is 44.5 Å². The van der Waals surface area contributed by atoms with Gasteiger partial charge in [-0.2, -0.15) is 0 Å². The van der Waals surface area contributed by atoms with Crippen LogP contribution in [0.25, 0.3) is 6.08 Å². The molecule has 198 valence electrons. The van der Waals surface area contributed by atoms with Gasteiger partial charge in [-0.3, -0.25) is 9.36 Å². The second-order valence-corrected chi connectivity index (χ2v) is 10.2. The van der Waals surface area contributed by atoms with Crippen molar-refractivity contribution in [3.8, 4) is 11.5 Å². The van der Waals surface area contributed by atoms with Crippen LogP contribution in [0.15, 0.2) is 63.5 Å². The number of nitrogens with zero attached hydrogens (tertiary/aromatic N) is 3. The lowest BCUT2D eigenvalue weighted by atomic mass is 9.95. The Morgan fingerprint density at radius 2 is 1.84 bits per heavy atom. The van der Waals surface area contributed by atoms with Crippen molar-refractivity contribution in [2.24, 2.45) is 4.99 Å². The van der Waals surface area contributed by atoms with Crippen molar-refractivity contribution in [2.45, 2.75) is 32.7 Å². The summed E-state index contributed by atoms with van der Waals surface area (Å²) >= 11 is 1.30. The average Bonchev–Trinajstić information content (AvgIpc) is 3.57. The standard InChI is InChI=1S/C29H31N3O5S/c1-5-37-28(34)25-18(2)30-29-32(26(25)22-13-12-21(35-3)17-23(22)36-4)27(33)24(38-29)16-19-8-10-20(11-9-19)31-14-6-7-15-31/h8-13,16-17,26H,5-7,14-15H2,1-4H3/b24-16+/t26-/m1/s1. The summed E-state index contributed by atoms with van der Waals surface area (Å²) in [6.45, 7) is 5.88. The highest BCUT2D eigenvalue weighted by Gasteiger charge is 2.35. The molecular formula is C29H31N3O5S. The Labute approximate surface area is 225 Å². The Balaban J connectivity index is 1.64. The van der Waals surface area contributed by atoms with Gasteiger partial charge in [-0.05, 0) is 62.6 Å². The smallest absolute Gasteiger partial charge is 0.338 e. The number of rotatable bonds is 7. The zero-order chi connectivity index (χ0) is 26.8. The lowest BCUT2D eigenvalue weighted by molar-refractivity contribution is -0.139. The quantitative estimate of drug-likeness (QED) is 0.433. The number of carbonyl (C=O) groups excluding carboxylic acids is 1. The number of ether oxygens (including phenoxy) is 3. The summed E-state index contributed by atoms with van der Waals surface area (Å²) in [5.74, 6) is 0.593. The van der Waals surface area contributed by atoms with Gasteiger partial charge in [0.2, 0.25) is 0 Å². The first-order chi connectivity index (χ1) is 18.4. The second-order valence-electron chi connectivity index (χ2n) is 9.20. The van der Waals surface area contributed by atoms with Crippen LogP contribution < -0.4 is 29.3 Å². The van der Waals surface area contributed by atoms with Gasteiger partial charge >= 0.3 is 5.97 Å². The average molecular weight is 534 g/mol. The van der Waals surface area contributed by atoms with E-state index >= 15 is 0 Å². The molecule has 1 atom stereocenters. The molecule has 1 saturated heterocycles. The van der Waals surface area contributed by atoms with Crippen molar-refractivity contribution in [1.29, 1.82) is 0 Å². The van der Waals surface area contributed by atoms with Gasteiger partial charge in [-0.15, -0.1) is 0 Å². The molecular weight excluding hydrogens is 502 g/mol. The van der Waals surface area contributed by atoms with Crippen LogP contribution in [0, 0.1) is 0 Å². The number of methoxy groups -OCH3 is 2. The fraction of sp³-hybridized carbons (Fsp3) is 0.345. The van der Waals surface area contributed by atoms with E-state index in [4.69, 9.17) is 14.2 Å². The predicted octanol–water partition coefficient (Wildman–Crippen LogP) is 3.42. The predicted molar refractivity (Wildman–Crippen MR) is 148 cm³/mol. The topological polar surface area (TPSA) is 82.4 Å². The van der Waals surface area contributed by atoms with E-state index in [0.717, 1.165) is 18.7 Å². The van der Waals surface area contributed by atoms with Gasteiger partial charge in [0.15, 0.2) is 4.80 Å². The van der Waals surface area contributed by atoms with Crippen LogP contribution in [-0.2, 0) is 9.53 Å². The number of esters is 1. The fourth-order valence-corrected chi connectivity index (χ4v) is 6.08. The van der Waals surface area contributed by atoms with Crippen LogP contribution >= 0.6 is 11.3 Å². The molecule has 0 amide bonds. The Bertz CT molecular complexity index is 1560. The molecule has 0 bridgehead atoms. The maximum Gasteiger partial charge on any atom is 0.338 e. The third-order valence-corrected chi connectivity index (χ3v) is 7.90. The number of hydrogen-bond donors (Lipinski definition) is 0. The molecule has 0 aliphatic carbocycles. The van der Waals surface area contributed by atoms with Gasteiger partial charge in [-0.1, -0.05) is 23.5 Å². The lowest BCUT2D eigenvalue weighted by Gasteiger charge is -2.26. The minimum Gasteiger partial charge on any atom is -0.497 e. The van der Waals surface area contributed by atoms with Crippen LogP contribution in [0.1, 0.15) is 43.9 Å². The summed E-state index contributed by atoms with van der Waals surface area (Å²) in [6.07, 6.45) is 4.32. The van der Waals surface area contributed by atoms with Crippen molar-refractivity contribution in [2.75, 3.05) is 38.8 Å². The third-order valence-electron chi connectivity index (χ3n) is 6.91. The second kappa shape index (κ2) is 10.9. The van der Waals surface area contributed by atoms with Crippen molar-refractivity contribution in [1.82, 2.24) is 4.57 Å². The van der Waals surface area contributed by atoms with E-state index in [2.05, 4.69) is 22.0 Å². The first kappa shape index (κ1) is 25.8. The van der Waals surface area contributed by atoms with Gasteiger partial charge < -0.3 is 19.1 Å². The van der Waals surface area contributed by atoms with Crippen molar-refractivity contribution in [3.63, 3.8) is 0 Å². The summed E-state index contributed by atoms with van der Waals surface area (Å²) in [5.41, 5.74) is 3.36. The number of fused-ring (bicyclic) bond motifs is 1. The summed E-state index contributed by atoms with van der Waals surface area (Å²) < 4.78 is 18.5. The Kier molecular flexibility index (Phi) is 7.37. The number of benzene rings is 2. The molecule has 0 spiro atoms. The molecule has 9 heteroatoms. The Morgan fingerprint density at radius 1 is 1.11 bits per heavy atom. The molecule has 8 nitrogen and oxygen atoms in total. The maximum atomic E-state index is 13.9. The van der Waals surface area contributed by atoms with Gasteiger partial charge in [-0.25, -0.2) is 9.79 Å². The molecule has 3 heterocycles. The van der Waals surface area contributed by atoms with Gasteiger partial charge in [0, 0.05) is 30.4 Å². The Hall–Kier alpha value is -3.85. The normalized spacial score (nSPS) is 17.3. The maximum absolute atomic E-state index is 13.9. The van der Waals surface area contributed by atoms with Crippen LogP contribution in [0.2, 0.25) is 0 Å².